The van der Waals surface area contributed by atoms with Gasteiger partial charge in [-0.1, -0.05) is 36.4 Å². The van der Waals surface area contributed by atoms with Crippen molar-refractivity contribution in [3.05, 3.63) is 89.7 Å². The Balaban J connectivity index is 1.64. The van der Waals surface area contributed by atoms with Crippen LogP contribution in [0.15, 0.2) is 72.8 Å². The number of amides is 2. The number of hydrogen-bond donors (Lipinski definition) is 1. The first-order chi connectivity index (χ1) is 13.6. The molecule has 0 saturated heterocycles. The van der Waals surface area contributed by atoms with Gasteiger partial charge < -0.3 is 10.2 Å². The molecule has 2 aromatic carbocycles. The van der Waals surface area contributed by atoms with Gasteiger partial charge in [-0.2, -0.15) is 0 Å². The molecule has 3 aromatic rings. The highest BCUT2D eigenvalue weighted by Crippen LogP contribution is 2.16. The van der Waals surface area contributed by atoms with E-state index in [1.54, 1.807) is 29.2 Å². The largest absolute Gasteiger partial charge is 0.321 e. The molecule has 0 fully saturated rings. The number of likely N-dealkylation sites (N-methyl/N-ethyl adjacent to an activating group) is 1. The van der Waals surface area contributed by atoms with Crippen LogP contribution in [0.4, 0.5) is 11.4 Å². The highest BCUT2D eigenvalue weighted by Gasteiger charge is 2.14. The molecule has 0 aliphatic carbocycles. The maximum absolute atomic E-state index is 12.7. The van der Waals surface area contributed by atoms with E-state index in [1.807, 2.05) is 62.4 Å². The normalized spacial score (nSPS) is 10.4. The van der Waals surface area contributed by atoms with Gasteiger partial charge in [0.2, 0.25) is 5.91 Å². The summed E-state index contributed by atoms with van der Waals surface area (Å²) in [7, 11) is 0. The summed E-state index contributed by atoms with van der Waals surface area (Å²) in [4.78, 5) is 30.9. The summed E-state index contributed by atoms with van der Waals surface area (Å²) in [6.45, 7) is 4.42. The lowest BCUT2D eigenvalue weighted by Crippen LogP contribution is -2.31. The summed E-state index contributed by atoms with van der Waals surface area (Å²) in [5.41, 5.74) is 3.62. The molecule has 0 atom stereocenters. The first-order valence-corrected chi connectivity index (χ1v) is 9.26. The number of aryl methyl sites for hydroxylation is 1. The van der Waals surface area contributed by atoms with Crippen molar-refractivity contribution in [2.24, 2.45) is 0 Å². The van der Waals surface area contributed by atoms with Gasteiger partial charge in [0.25, 0.3) is 5.91 Å². The van der Waals surface area contributed by atoms with E-state index in [9.17, 15) is 9.59 Å². The minimum absolute atomic E-state index is 0.0365. The topological polar surface area (TPSA) is 62.3 Å². The minimum Gasteiger partial charge on any atom is -0.321 e. The lowest BCUT2D eigenvalue weighted by atomic mass is 10.1. The van der Waals surface area contributed by atoms with E-state index < -0.39 is 0 Å². The van der Waals surface area contributed by atoms with Gasteiger partial charge in [0.1, 0.15) is 5.69 Å². The average Bonchev–Trinajstić information content (AvgIpc) is 2.71. The van der Waals surface area contributed by atoms with Gasteiger partial charge in [-0.3, -0.25) is 9.59 Å². The average molecular weight is 373 g/mol. The molecule has 5 heteroatoms. The molecule has 0 radical (unpaired) electrons. The lowest BCUT2D eigenvalue weighted by Gasteiger charge is -2.21. The summed E-state index contributed by atoms with van der Waals surface area (Å²) in [6.07, 6.45) is 0.302. The van der Waals surface area contributed by atoms with Crippen molar-refractivity contribution >= 4 is 23.2 Å². The van der Waals surface area contributed by atoms with Gasteiger partial charge in [-0.15, -0.1) is 0 Å². The Morgan fingerprint density at radius 2 is 1.64 bits per heavy atom. The highest BCUT2D eigenvalue weighted by atomic mass is 16.2. The van der Waals surface area contributed by atoms with E-state index >= 15 is 0 Å². The quantitative estimate of drug-likeness (QED) is 0.703. The molecule has 0 aliphatic rings. The molecule has 0 spiro atoms. The monoisotopic (exact) mass is 373 g/mol. The second kappa shape index (κ2) is 8.95. The molecule has 0 saturated carbocycles. The summed E-state index contributed by atoms with van der Waals surface area (Å²) in [5, 5.41) is 2.83. The molecular formula is C23H23N3O2. The van der Waals surface area contributed by atoms with Crippen LogP contribution in [0.5, 0.6) is 0 Å². The second-order valence-corrected chi connectivity index (χ2v) is 6.47. The predicted molar refractivity (Wildman–Crippen MR) is 112 cm³/mol. The lowest BCUT2D eigenvalue weighted by molar-refractivity contribution is -0.117. The van der Waals surface area contributed by atoms with Crippen LogP contribution < -0.4 is 10.2 Å². The summed E-state index contributed by atoms with van der Waals surface area (Å²) in [6, 6.07) is 22.3. The molecule has 0 aliphatic heterocycles. The Morgan fingerprint density at radius 1 is 0.929 bits per heavy atom. The molecule has 0 bridgehead atoms. The Hall–Kier alpha value is -3.47. The number of carbonyl (C=O) groups is 2. The van der Waals surface area contributed by atoms with Crippen LogP contribution in [-0.2, 0) is 11.2 Å². The van der Waals surface area contributed by atoms with E-state index in [0.29, 0.717) is 24.3 Å². The molecule has 0 unspecified atom stereocenters. The highest BCUT2D eigenvalue weighted by molar-refractivity contribution is 6.03. The number of benzene rings is 2. The maximum atomic E-state index is 12.7. The molecule has 2 amide bonds. The van der Waals surface area contributed by atoms with Gasteiger partial charge in [0, 0.05) is 23.6 Å². The first kappa shape index (κ1) is 19.3. The predicted octanol–water partition coefficient (Wildman–Crippen LogP) is 4.24. The van der Waals surface area contributed by atoms with Gasteiger partial charge in [0.15, 0.2) is 0 Å². The summed E-state index contributed by atoms with van der Waals surface area (Å²) >= 11 is 0. The smallest absolute Gasteiger partial charge is 0.274 e. The number of para-hydroxylation sites is 1. The number of aromatic nitrogens is 1. The maximum Gasteiger partial charge on any atom is 0.274 e. The third-order valence-electron chi connectivity index (χ3n) is 4.37. The third kappa shape index (κ3) is 4.82. The van der Waals surface area contributed by atoms with Gasteiger partial charge in [-0.25, -0.2) is 4.98 Å². The van der Waals surface area contributed by atoms with Crippen molar-refractivity contribution in [2.45, 2.75) is 20.3 Å². The fraction of sp³-hybridized carbons (Fsp3) is 0.174. The Kier molecular flexibility index (Phi) is 6.17. The molecule has 5 nitrogen and oxygen atoms in total. The van der Waals surface area contributed by atoms with Crippen molar-refractivity contribution in [3.8, 4) is 0 Å². The SMILES string of the molecule is CCN(C(=O)Cc1ccc(NC(=O)c2cccc(C)n2)cc1)c1ccccc1. The Bertz CT molecular complexity index is 953. The van der Waals surface area contributed by atoms with E-state index in [2.05, 4.69) is 10.3 Å². The molecule has 28 heavy (non-hydrogen) atoms. The molecule has 1 N–H and O–H groups in total. The standard InChI is InChI=1S/C23H23N3O2/c1-3-26(20-9-5-4-6-10-20)22(27)16-18-12-14-19(15-13-18)25-23(28)21-11-7-8-17(2)24-21/h4-15H,3,16H2,1-2H3,(H,25,28). The number of anilines is 2. The Morgan fingerprint density at radius 3 is 2.29 bits per heavy atom. The van der Waals surface area contributed by atoms with Crippen LogP contribution in [-0.4, -0.2) is 23.3 Å². The van der Waals surface area contributed by atoms with Crippen molar-refractivity contribution in [2.75, 3.05) is 16.8 Å². The molecule has 3 rings (SSSR count). The fourth-order valence-corrected chi connectivity index (χ4v) is 2.95. The number of hydrogen-bond acceptors (Lipinski definition) is 3. The number of carbonyl (C=O) groups excluding carboxylic acids is 2. The van der Waals surface area contributed by atoms with Crippen molar-refractivity contribution < 1.29 is 9.59 Å². The number of nitrogens with one attached hydrogen (secondary N) is 1. The zero-order valence-electron chi connectivity index (χ0n) is 16.1. The van der Waals surface area contributed by atoms with Crippen LogP contribution in [0.25, 0.3) is 0 Å². The summed E-state index contributed by atoms with van der Waals surface area (Å²) in [5.74, 6) is -0.219. The van der Waals surface area contributed by atoms with E-state index in [1.165, 1.54) is 0 Å². The van der Waals surface area contributed by atoms with Crippen molar-refractivity contribution in [1.29, 1.82) is 0 Å². The van der Waals surface area contributed by atoms with Crippen LogP contribution in [0.1, 0.15) is 28.7 Å². The van der Waals surface area contributed by atoms with E-state index in [0.717, 1.165) is 16.9 Å². The fourth-order valence-electron chi connectivity index (χ4n) is 2.95. The van der Waals surface area contributed by atoms with Crippen LogP contribution in [0.3, 0.4) is 0 Å². The number of rotatable bonds is 6. The second-order valence-electron chi connectivity index (χ2n) is 6.47. The number of pyridine rings is 1. The van der Waals surface area contributed by atoms with Crippen LogP contribution in [0, 0.1) is 6.92 Å². The van der Waals surface area contributed by atoms with Crippen LogP contribution in [0.2, 0.25) is 0 Å². The Labute approximate surface area is 165 Å². The zero-order valence-corrected chi connectivity index (χ0v) is 16.1. The van der Waals surface area contributed by atoms with Gasteiger partial charge in [-0.05, 0) is 55.8 Å². The van der Waals surface area contributed by atoms with E-state index in [4.69, 9.17) is 0 Å². The van der Waals surface area contributed by atoms with Crippen LogP contribution >= 0.6 is 0 Å². The minimum atomic E-state index is -0.256. The molecule has 1 aromatic heterocycles. The van der Waals surface area contributed by atoms with Crippen molar-refractivity contribution in [3.63, 3.8) is 0 Å². The molecule has 1 heterocycles. The van der Waals surface area contributed by atoms with E-state index in [-0.39, 0.29) is 11.8 Å². The van der Waals surface area contributed by atoms with Crippen molar-refractivity contribution in [1.82, 2.24) is 4.98 Å². The molecule has 142 valence electrons. The summed E-state index contributed by atoms with van der Waals surface area (Å²) < 4.78 is 0. The van der Waals surface area contributed by atoms with Gasteiger partial charge in [0.05, 0.1) is 6.42 Å². The molecular weight excluding hydrogens is 350 g/mol. The third-order valence-corrected chi connectivity index (χ3v) is 4.37. The van der Waals surface area contributed by atoms with Gasteiger partial charge >= 0.3 is 0 Å². The number of nitrogens with zero attached hydrogens (tertiary/aromatic N) is 2. The first-order valence-electron chi connectivity index (χ1n) is 9.26. The zero-order chi connectivity index (χ0) is 19.9.